The van der Waals surface area contributed by atoms with Gasteiger partial charge in [0, 0.05) is 24.6 Å². The summed E-state index contributed by atoms with van der Waals surface area (Å²) in [6.07, 6.45) is 3.08. The highest BCUT2D eigenvalue weighted by Crippen LogP contribution is 2.28. The first kappa shape index (κ1) is 17.8. The maximum atomic E-state index is 12.5. The van der Waals surface area contributed by atoms with Crippen molar-refractivity contribution in [1.82, 2.24) is 4.90 Å². The summed E-state index contributed by atoms with van der Waals surface area (Å²) >= 11 is 0. The summed E-state index contributed by atoms with van der Waals surface area (Å²) in [5, 5.41) is 0. The van der Waals surface area contributed by atoms with Crippen molar-refractivity contribution >= 4 is 17.9 Å². The summed E-state index contributed by atoms with van der Waals surface area (Å²) in [6.45, 7) is 2.91. The molecule has 2 N–H and O–H groups in total. The highest BCUT2D eigenvalue weighted by atomic mass is 16.5. The molecule has 2 amide bonds. The minimum absolute atomic E-state index is 0.0206. The molecule has 0 bridgehead atoms. The zero-order valence-electron chi connectivity index (χ0n) is 14.4. The van der Waals surface area contributed by atoms with E-state index in [4.69, 9.17) is 15.2 Å². The van der Waals surface area contributed by atoms with Gasteiger partial charge < -0.3 is 20.1 Å². The lowest BCUT2D eigenvalue weighted by molar-refractivity contribution is -0.131. The molecule has 1 aliphatic heterocycles. The number of likely N-dealkylation sites (tertiary alicyclic amines) is 1. The molecule has 0 saturated carbocycles. The van der Waals surface area contributed by atoms with Crippen molar-refractivity contribution in [3.8, 4) is 11.5 Å². The molecule has 24 heavy (non-hydrogen) atoms. The summed E-state index contributed by atoms with van der Waals surface area (Å²) in [5.74, 6) is 0.845. The lowest BCUT2D eigenvalue weighted by atomic mass is 9.96. The van der Waals surface area contributed by atoms with Crippen LogP contribution in [0.5, 0.6) is 11.5 Å². The zero-order valence-corrected chi connectivity index (χ0v) is 14.4. The quantitative estimate of drug-likeness (QED) is 0.834. The average Bonchev–Trinajstić information content (AvgIpc) is 2.60. The molecule has 1 aromatic rings. The zero-order chi connectivity index (χ0) is 17.7. The number of methoxy groups -OCH3 is 2. The van der Waals surface area contributed by atoms with E-state index in [-0.39, 0.29) is 17.7 Å². The van der Waals surface area contributed by atoms with Gasteiger partial charge in [-0.2, -0.15) is 0 Å². The van der Waals surface area contributed by atoms with Crippen molar-refractivity contribution in [3.63, 3.8) is 0 Å². The Morgan fingerprint density at radius 3 is 2.33 bits per heavy atom. The summed E-state index contributed by atoms with van der Waals surface area (Å²) in [7, 11) is 3.16. The molecular formula is C18H24N2O4. The third-order valence-electron chi connectivity index (χ3n) is 4.31. The number of nitrogens with two attached hydrogens (primary N) is 1. The van der Waals surface area contributed by atoms with Crippen molar-refractivity contribution < 1.29 is 19.1 Å². The molecule has 0 aromatic heterocycles. The third-order valence-corrected chi connectivity index (χ3v) is 4.31. The monoisotopic (exact) mass is 332 g/mol. The second-order valence-electron chi connectivity index (χ2n) is 5.91. The normalized spacial score (nSPS) is 16.0. The topological polar surface area (TPSA) is 81.9 Å². The predicted octanol–water partition coefficient (Wildman–Crippen LogP) is 1.83. The van der Waals surface area contributed by atoms with Crippen LogP contribution in [0.2, 0.25) is 0 Å². The maximum Gasteiger partial charge on any atom is 0.249 e. The maximum absolute atomic E-state index is 12.5. The van der Waals surface area contributed by atoms with Crippen LogP contribution in [-0.4, -0.2) is 44.0 Å². The lowest BCUT2D eigenvalue weighted by Crippen LogP contribution is -2.42. The van der Waals surface area contributed by atoms with Crippen LogP contribution in [0.3, 0.4) is 0 Å². The van der Waals surface area contributed by atoms with Gasteiger partial charge in [-0.15, -0.1) is 0 Å². The van der Waals surface area contributed by atoms with Gasteiger partial charge in [0.1, 0.15) is 0 Å². The van der Waals surface area contributed by atoms with Gasteiger partial charge in [-0.3, -0.25) is 9.59 Å². The molecule has 1 aromatic carbocycles. The lowest BCUT2D eigenvalue weighted by Gasteiger charge is -2.30. The molecule has 6 nitrogen and oxygen atoms in total. The fraction of sp³-hybridized carbons (Fsp3) is 0.444. The van der Waals surface area contributed by atoms with Crippen molar-refractivity contribution in [1.29, 1.82) is 0 Å². The number of nitrogens with zero attached hydrogens (tertiary/aromatic N) is 1. The van der Waals surface area contributed by atoms with Gasteiger partial charge in [0.05, 0.1) is 14.2 Å². The molecule has 0 spiro atoms. The standard InChI is InChI=1S/C18H24N2O4/c1-12(10-13-4-5-15(23-2)16(11-13)24-3)18(22)20-8-6-14(7-9-20)17(19)21/h4-5,10-11,14H,6-9H2,1-3H3,(H2,19,21)/b12-10+. The van der Waals surface area contributed by atoms with E-state index in [1.54, 1.807) is 32.1 Å². The van der Waals surface area contributed by atoms with Crippen molar-refractivity contribution in [3.05, 3.63) is 29.3 Å². The molecule has 130 valence electrons. The van der Waals surface area contributed by atoms with Crippen molar-refractivity contribution in [2.45, 2.75) is 19.8 Å². The molecule has 2 rings (SSSR count). The number of hydrogen-bond donors (Lipinski definition) is 1. The minimum Gasteiger partial charge on any atom is -0.493 e. The Balaban J connectivity index is 2.08. The first-order valence-corrected chi connectivity index (χ1v) is 7.95. The summed E-state index contributed by atoms with van der Waals surface area (Å²) in [6, 6.07) is 5.51. The van der Waals surface area contributed by atoms with Crippen LogP contribution in [0, 0.1) is 5.92 Å². The summed E-state index contributed by atoms with van der Waals surface area (Å²) < 4.78 is 10.5. The Labute approximate surface area is 142 Å². The van der Waals surface area contributed by atoms with Gasteiger partial charge in [-0.25, -0.2) is 0 Å². The Hall–Kier alpha value is -2.50. The Morgan fingerprint density at radius 1 is 1.17 bits per heavy atom. The first-order chi connectivity index (χ1) is 11.5. The fourth-order valence-electron chi connectivity index (χ4n) is 2.87. The number of hydrogen-bond acceptors (Lipinski definition) is 4. The van der Waals surface area contributed by atoms with E-state index < -0.39 is 0 Å². The highest BCUT2D eigenvalue weighted by molar-refractivity contribution is 5.97. The number of piperidine rings is 1. The van der Waals surface area contributed by atoms with E-state index in [1.165, 1.54) is 0 Å². The Kier molecular flexibility index (Phi) is 5.84. The molecule has 0 radical (unpaired) electrons. The average molecular weight is 332 g/mol. The number of ether oxygens (including phenoxy) is 2. The molecule has 1 heterocycles. The van der Waals surface area contributed by atoms with Crippen LogP contribution < -0.4 is 15.2 Å². The molecule has 6 heteroatoms. The number of benzene rings is 1. The molecule has 1 aliphatic rings. The summed E-state index contributed by atoms with van der Waals surface area (Å²) in [4.78, 5) is 25.5. The second kappa shape index (κ2) is 7.86. The SMILES string of the molecule is COc1ccc(/C=C(\C)C(=O)N2CCC(C(N)=O)CC2)cc1OC. The Bertz CT molecular complexity index is 646. The molecule has 0 atom stereocenters. The van der Waals surface area contributed by atoms with Gasteiger partial charge in [-0.1, -0.05) is 6.07 Å². The van der Waals surface area contributed by atoms with Gasteiger partial charge in [0.15, 0.2) is 11.5 Å². The summed E-state index contributed by atoms with van der Waals surface area (Å²) in [5.41, 5.74) is 6.83. The van der Waals surface area contributed by atoms with Gasteiger partial charge >= 0.3 is 0 Å². The van der Waals surface area contributed by atoms with Gasteiger partial charge in [0.25, 0.3) is 0 Å². The van der Waals surface area contributed by atoms with Crippen LogP contribution in [0.1, 0.15) is 25.3 Å². The van der Waals surface area contributed by atoms with E-state index >= 15 is 0 Å². The van der Waals surface area contributed by atoms with E-state index in [9.17, 15) is 9.59 Å². The highest BCUT2D eigenvalue weighted by Gasteiger charge is 2.26. The molecule has 0 aliphatic carbocycles. The number of amides is 2. The van der Waals surface area contributed by atoms with Crippen LogP contribution in [0.4, 0.5) is 0 Å². The van der Waals surface area contributed by atoms with E-state index in [2.05, 4.69) is 0 Å². The smallest absolute Gasteiger partial charge is 0.249 e. The van der Waals surface area contributed by atoms with E-state index in [0.29, 0.717) is 43.0 Å². The fourth-order valence-corrected chi connectivity index (χ4v) is 2.87. The third kappa shape index (κ3) is 4.07. The second-order valence-corrected chi connectivity index (χ2v) is 5.91. The van der Waals surface area contributed by atoms with Crippen LogP contribution in [0.25, 0.3) is 6.08 Å². The predicted molar refractivity (Wildman–Crippen MR) is 91.7 cm³/mol. The van der Waals surface area contributed by atoms with Crippen molar-refractivity contribution in [2.75, 3.05) is 27.3 Å². The Morgan fingerprint density at radius 2 is 1.79 bits per heavy atom. The van der Waals surface area contributed by atoms with Gasteiger partial charge in [-0.05, 0) is 43.5 Å². The van der Waals surface area contributed by atoms with Gasteiger partial charge in [0.2, 0.25) is 11.8 Å². The van der Waals surface area contributed by atoms with E-state index in [1.807, 2.05) is 18.2 Å². The number of carbonyl (C=O) groups is 2. The molecule has 1 fully saturated rings. The van der Waals surface area contributed by atoms with E-state index in [0.717, 1.165) is 5.56 Å². The van der Waals surface area contributed by atoms with Crippen LogP contribution in [-0.2, 0) is 9.59 Å². The molecule has 1 saturated heterocycles. The number of primary amides is 1. The van der Waals surface area contributed by atoms with Crippen LogP contribution >= 0.6 is 0 Å². The largest absolute Gasteiger partial charge is 0.493 e. The molecular weight excluding hydrogens is 308 g/mol. The van der Waals surface area contributed by atoms with Crippen molar-refractivity contribution in [2.24, 2.45) is 11.7 Å². The first-order valence-electron chi connectivity index (χ1n) is 7.95. The minimum atomic E-state index is -0.278. The van der Waals surface area contributed by atoms with Crippen LogP contribution in [0.15, 0.2) is 23.8 Å². The number of carbonyl (C=O) groups excluding carboxylic acids is 2. The number of rotatable bonds is 5. The molecule has 0 unspecified atom stereocenters.